The number of fused-ring (bicyclic) bond motifs is 1. The number of hydrogen-bond acceptors (Lipinski definition) is 6. The fourth-order valence-electron chi connectivity index (χ4n) is 4.56. The van der Waals surface area contributed by atoms with Crippen molar-refractivity contribution >= 4 is 5.97 Å². The lowest BCUT2D eigenvalue weighted by atomic mass is 9.87. The number of esters is 1. The summed E-state index contributed by atoms with van der Waals surface area (Å²) in [6, 6.07) is 7.72. The Morgan fingerprint density at radius 1 is 1.33 bits per heavy atom. The lowest BCUT2D eigenvalue weighted by molar-refractivity contribution is -0.167. The highest BCUT2D eigenvalue weighted by atomic mass is 16.7. The summed E-state index contributed by atoms with van der Waals surface area (Å²) >= 11 is 0. The quantitative estimate of drug-likeness (QED) is 0.607. The SMILES string of the molecule is COCOc1ccccc1[C@@H]1[C@H](CO)C[C@]2(C(=O)OC(C)(C)C)CCCN12. The molecule has 3 atom stereocenters. The lowest BCUT2D eigenvalue weighted by Crippen LogP contribution is -2.49. The average molecular weight is 377 g/mol. The van der Waals surface area contributed by atoms with Crippen LogP contribution in [0, 0.1) is 5.92 Å². The third kappa shape index (κ3) is 3.84. The molecule has 2 saturated heterocycles. The molecule has 0 radical (unpaired) electrons. The zero-order valence-corrected chi connectivity index (χ0v) is 16.7. The highest BCUT2D eigenvalue weighted by molar-refractivity contribution is 5.82. The monoisotopic (exact) mass is 377 g/mol. The second kappa shape index (κ2) is 7.78. The number of hydrogen-bond donors (Lipinski definition) is 1. The summed E-state index contributed by atoms with van der Waals surface area (Å²) in [5.74, 6) is 0.503. The Hall–Kier alpha value is -1.63. The van der Waals surface area contributed by atoms with Crippen LogP contribution in [0.15, 0.2) is 24.3 Å². The number of ether oxygens (including phenoxy) is 3. The minimum absolute atomic E-state index is 0.0182. The van der Waals surface area contributed by atoms with Gasteiger partial charge in [-0.1, -0.05) is 18.2 Å². The van der Waals surface area contributed by atoms with Crippen molar-refractivity contribution < 1.29 is 24.1 Å². The number of rotatable bonds is 6. The predicted molar refractivity (Wildman–Crippen MR) is 101 cm³/mol. The van der Waals surface area contributed by atoms with Gasteiger partial charge < -0.3 is 19.3 Å². The van der Waals surface area contributed by atoms with Crippen molar-refractivity contribution in [2.24, 2.45) is 5.92 Å². The van der Waals surface area contributed by atoms with Crippen molar-refractivity contribution in [3.8, 4) is 5.75 Å². The normalized spacial score (nSPS) is 28.2. The largest absolute Gasteiger partial charge is 0.467 e. The molecule has 0 amide bonds. The molecule has 0 saturated carbocycles. The van der Waals surface area contributed by atoms with Gasteiger partial charge in [-0.25, -0.2) is 0 Å². The van der Waals surface area contributed by atoms with E-state index < -0.39 is 11.1 Å². The van der Waals surface area contributed by atoms with E-state index in [0.717, 1.165) is 30.7 Å². The number of para-hydroxylation sites is 1. The van der Waals surface area contributed by atoms with Crippen molar-refractivity contribution in [3.63, 3.8) is 0 Å². The van der Waals surface area contributed by atoms with Gasteiger partial charge in [-0.15, -0.1) is 0 Å². The van der Waals surface area contributed by atoms with Crippen LogP contribution in [-0.2, 0) is 14.3 Å². The first-order valence-electron chi connectivity index (χ1n) is 9.64. The van der Waals surface area contributed by atoms with Crippen molar-refractivity contribution in [3.05, 3.63) is 29.8 Å². The van der Waals surface area contributed by atoms with Crippen molar-refractivity contribution in [2.45, 2.75) is 57.2 Å². The van der Waals surface area contributed by atoms with Crippen LogP contribution in [0.3, 0.4) is 0 Å². The van der Waals surface area contributed by atoms with Crippen LogP contribution in [0.2, 0.25) is 0 Å². The number of nitrogens with zero attached hydrogens (tertiary/aromatic N) is 1. The second-order valence-electron chi connectivity index (χ2n) is 8.51. The van der Waals surface area contributed by atoms with Gasteiger partial charge in [0.2, 0.25) is 0 Å². The Labute approximate surface area is 161 Å². The van der Waals surface area contributed by atoms with Crippen LogP contribution in [0.25, 0.3) is 0 Å². The van der Waals surface area contributed by atoms with Gasteiger partial charge >= 0.3 is 5.97 Å². The Morgan fingerprint density at radius 3 is 2.74 bits per heavy atom. The molecule has 2 fully saturated rings. The topological polar surface area (TPSA) is 68.2 Å². The van der Waals surface area contributed by atoms with E-state index in [4.69, 9.17) is 14.2 Å². The number of aliphatic hydroxyl groups is 1. The summed E-state index contributed by atoms with van der Waals surface area (Å²) in [5, 5.41) is 10.1. The molecule has 1 N–H and O–H groups in total. The molecular formula is C21H31NO5. The summed E-state index contributed by atoms with van der Waals surface area (Å²) in [4.78, 5) is 15.4. The third-order valence-corrected chi connectivity index (χ3v) is 5.50. The first-order valence-corrected chi connectivity index (χ1v) is 9.64. The van der Waals surface area contributed by atoms with Crippen LogP contribution in [-0.4, -0.2) is 54.2 Å². The van der Waals surface area contributed by atoms with E-state index >= 15 is 0 Å². The first kappa shape index (κ1) is 20.1. The summed E-state index contributed by atoms with van der Waals surface area (Å²) in [6.45, 7) is 6.66. The highest BCUT2D eigenvalue weighted by Gasteiger charge is 2.60. The fraction of sp³-hybridized carbons (Fsp3) is 0.667. The van der Waals surface area contributed by atoms with Crippen LogP contribution in [0.4, 0.5) is 0 Å². The lowest BCUT2D eigenvalue weighted by Gasteiger charge is -2.35. The number of benzene rings is 1. The molecule has 2 aliphatic heterocycles. The van der Waals surface area contributed by atoms with Crippen molar-refractivity contribution in [1.29, 1.82) is 0 Å². The highest BCUT2D eigenvalue weighted by Crippen LogP contribution is 2.54. The molecule has 3 rings (SSSR count). The Balaban J connectivity index is 1.96. The van der Waals surface area contributed by atoms with Gasteiger partial charge in [-0.05, 0) is 52.6 Å². The van der Waals surface area contributed by atoms with Crippen LogP contribution < -0.4 is 4.74 Å². The standard InChI is InChI=1S/C21H31NO5/c1-20(2,3)27-19(24)21-10-7-11-22(21)18(15(12-21)13-23)16-8-5-6-9-17(16)26-14-25-4/h5-6,8-9,15,18,23H,7,10-14H2,1-4H3/t15-,18-,21-/m0/s1. The minimum Gasteiger partial charge on any atom is -0.467 e. The molecule has 6 heteroatoms. The summed E-state index contributed by atoms with van der Waals surface area (Å²) < 4.78 is 16.6. The predicted octanol–water partition coefficient (Wildman–Crippen LogP) is 2.90. The molecule has 150 valence electrons. The zero-order valence-electron chi connectivity index (χ0n) is 16.7. The van der Waals surface area contributed by atoms with Gasteiger partial charge in [-0.3, -0.25) is 9.69 Å². The van der Waals surface area contributed by atoms with E-state index in [-0.39, 0.29) is 31.3 Å². The maximum atomic E-state index is 13.2. The van der Waals surface area contributed by atoms with E-state index in [9.17, 15) is 9.90 Å². The minimum atomic E-state index is -0.667. The fourth-order valence-corrected chi connectivity index (χ4v) is 4.56. The van der Waals surface area contributed by atoms with Crippen LogP contribution >= 0.6 is 0 Å². The van der Waals surface area contributed by atoms with Gasteiger partial charge in [0.05, 0.1) is 0 Å². The molecule has 0 bridgehead atoms. The molecule has 1 aromatic carbocycles. The maximum Gasteiger partial charge on any atom is 0.327 e. The van der Waals surface area contributed by atoms with Gasteiger partial charge in [0, 0.05) is 31.2 Å². The summed E-state index contributed by atoms with van der Waals surface area (Å²) in [6.07, 6.45) is 2.30. The molecule has 0 unspecified atom stereocenters. The third-order valence-electron chi connectivity index (χ3n) is 5.50. The zero-order chi connectivity index (χ0) is 19.7. The number of carbonyl (C=O) groups excluding carboxylic acids is 1. The molecule has 6 nitrogen and oxygen atoms in total. The average Bonchev–Trinajstić information content (AvgIpc) is 3.15. The van der Waals surface area contributed by atoms with Gasteiger partial charge in [0.15, 0.2) is 6.79 Å². The van der Waals surface area contributed by atoms with Gasteiger partial charge in [-0.2, -0.15) is 0 Å². The number of carbonyl (C=O) groups is 1. The van der Waals surface area contributed by atoms with Gasteiger partial charge in [0.25, 0.3) is 0 Å². The molecule has 1 aromatic rings. The van der Waals surface area contributed by atoms with Crippen LogP contribution in [0.5, 0.6) is 5.75 Å². The molecule has 0 aliphatic carbocycles. The van der Waals surface area contributed by atoms with E-state index in [1.54, 1.807) is 7.11 Å². The maximum absolute atomic E-state index is 13.2. The first-order chi connectivity index (χ1) is 12.8. The van der Waals surface area contributed by atoms with E-state index in [1.165, 1.54) is 0 Å². The second-order valence-corrected chi connectivity index (χ2v) is 8.51. The van der Waals surface area contributed by atoms with Crippen molar-refractivity contribution in [2.75, 3.05) is 27.1 Å². The van der Waals surface area contributed by atoms with E-state index in [0.29, 0.717) is 6.42 Å². The molecular weight excluding hydrogens is 346 g/mol. The van der Waals surface area contributed by atoms with E-state index in [1.807, 2.05) is 45.0 Å². The molecule has 0 aromatic heterocycles. The molecule has 2 heterocycles. The molecule has 2 aliphatic rings. The molecule has 0 spiro atoms. The number of methoxy groups -OCH3 is 1. The Morgan fingerprint density at radius 2 is 2.07 bits per heavy atom. The summed E-state index contributed by atoms with van der Waals surface area (Å²) in [5.41, 5.74) is -0.215. The molecule has 27 heavy (non-hydrogen) atoms. The van der Waals surface area contributed by atoms with E-state index in [2.05, 4.69) is 4.90 Å². The smallest absolute Gasteiger partial charge is 0.327 e. The van der Waals surface area contributed by atoms with Gasteiger partial charge in [0.1, 0.15) is 16.9 Å². The summed E-state index contributed by atoms with van der Waals surface area (Å²) in [7, 11) is 1.59. The van der Waals surface area contributed by atoms with Crippen molar-refractivity contribution in [1.82, 2.24) is 4.90 Å². The van der Waals surface area contributed by atoms with Crippen LogP contribution in [0.1, 0.15) is 51.6 Å². The Kier molecular flexibility index (Phi) is 5.79. The number of aliphatic hydroxyl groups excluding tert-OH is 1. The Bertz CT molecular complexity index is 671.